The standard InChI is InChI=1S/C16H26N2/c1-4-16(3)8-10-18(11-9-16)12-14-6-5-7-15(17)13(14)2/h5-7H,4,8-12,17H2,1-3H3. The molecule has 1 fully saturated rings. The Bertz CT molecular complexity index is 404. The van der Waals surface area contributed by atoms with Crippen LogP contribution in [0.3, 0.4) is 0 Å². The van der Waals surface area contributed by atoms with Crippen LogP contribution in [-0.2, 0) is 6.54 Å². The molecule has 1 saturated heterocycles. The van der Waals surface area contributed by atoms with E-state index in [2.05, 4.69) is 37.8 Å². The molecule has 0 aromatic heterocycles. The largest absolute Gasteiger partial charge is 0.399 e. The average molecular weight is 246 g/mol. The van der Waals surface area contributed by atoms with E-state index in [-0.39, 0.29) is 0 Å². The summed E-state index contributed by atoms with van der Waals surface area (Å²) in [6.45, 7) is 10.4. The molecule has 1 aromatic rings. The quantitative estimate of drug-likeness (QED) is 0.826. The number of benzene rings is 1. The van der Waals surface area contributed by atoms with E-state index >= 15 is 0 Å². The van der Waals surface area contributed by atoms with Crippen LogP contribution in [0.1, 0.15) is 44.2 Å². The van der Waals surface area contributed by atoms with E-state index in [0.717, 1.165) is 12.2 Å². The van der Waals surface area contributed by atoms with Crippen LogP contribution < -0.4 is 5.73 Å². The molecule has 0 saturated carbocycles. The number of anilines is 1. The minimum Gasteiger partial charge on any atom is -0.399 e. The molecule has 2 heteroatoms. The van der Waals surface area contributed by atoms with Gasteiger partial charge in [0.15, 0.2) is 0 Å². The minimum atomic E-state index is 0.571. The first-order valence-electron chi connectivity index (χ1n) is 7.10. The highest BCUT2D eigenvalue weighted by Gasteiger charge is 2.28. The third-order valence-corrected chi connectivity index (χ3v) is 4.80. The summed E-state index contributed by atoms with van der Waals surface area (Å²) < 4.78 is 0. The Kier molecular flexibility index (Phi) is 3.96. The van der Waals surface area contributed by atoms with Gasteiger partial charge in [0.25, 0.3) is 0 Å². The molecular weight excluding hydrogens is 220 g/mol. The summed E-state index contributed by atoms with van der Waals surface area (Å²) in [5.41, 5.74) is 10.1. The van der Waals surface area contributed by atoms with E-state index in [1.165, 1.54) is 43.5 Å². The van der Waals surface area contributed by atoms with Gasteiger partial charge in [-0.25, -0.2) is 0 Å². The highest BCUT2D eigenvalue weighted by Crippen LogP contribution is 2.34. The van der Waals surface area contributed by atoms with Crippen LogP contribution in [0.15, 0.2) is 18.2 Å². The second-order valence-corrected chi connectivity index (χ2v) is 6.07. The van der Waals surface area contributed by atoms with Crippen LogP contribution in [0.2, 0.25) is 0 Å². The molecule has 1 aliphatic rings. The molecule has 2 N–H and O–H groups in total. The van der Waals surface area contributed by atoms with Crippen molar-refractivity contribution in [3.05, 3.63) is 29.3 Å². The molecule has 0 bridgehead atoms. The predicted molar refractivity (Wildman–Crippen MR) is 78.5 cm³/mol. The second kappa shape index (κ2) is 5.31. The lowest BCUT2D eigenvalue weighted by Crippen LogP contribution is -2.38. The van der Waals surface area contributed by atoms with Gasteiger partial charge in [-0.15, -0.1) is 0 Å². The van der Waals surface area contributed by atoms with Gasteiger partial charge in [0, 0.05) is 12.2 Å². The maximum Gasteiger partial charge on any atom is 0.0346 e. The minimum absolute atomic E-state index is 0.571. The molecule has 100 valence electrons. The maximum atomic E-state index is 5.97. The third-order valence-electron chi connectivity index (χ3n) is 4.80. The van der Waals surface area contributed by atoms with Crippen molar-refractivity contribution in [1.29, 1.82) is 0 Å². The van der Waals surface area contributed by atoms with Crippen molar-refractivity contribution in [1.82, 2.24) is 4.90 Å². The molecule has 0 unspecified atom stereocenters. The number of hydrogen-bond acceptors (Lipinski definition) is 2. The first-order valence-corrected chi connectivity index (χ1v) is 7.10. The Morgan fingerprint density at radius 3 is 2.56 bits per heavy atom. The fraction of sp³-hybridized carbons (Fsp3) is 0.625. The Morgan fingerprint density at radius 1 is 1.28 bits per heavy atom. The van der Waals surface area contributed by atoms with Gasteiger partial charge < -0.3 is 5.73 Å². The molecule has 1 heterocycles. The first-order chi connectivity index (χ1) is 8.54. The van der Waals surface area contributed by atoms with Crippen LogP contribution in [0.25, 0.3) is 0 Å². The molecular formula is C16H26N2. The van der Waals surface area contributed by atoms with Crippen molar-refractivity contribution in [2.45, 2.75) is 46.6 Å². The average Bonchev–Trinajstić information content (AvgIpc) is 2.38. The topological polar surface area (TPSA) is 29.3 Å². The van der Waals surface area contributed by atoms with Crippen molar-refractivity contribution in [3.63, 3.8) is 0 Å². The van der Waals surface area contributed by atoms with Crippen LogP contribution in [0.5, 0.6) is 0 Å². The number of hydrogen-bond donors (Lipinski definition) is 1. The zero-order valence-corrected chi connectivity index (χ0v) is 12.0. The summed E-state index contributed by atoms with van der Waals surface area (Å²) in [5.74, 6) is 0. The smallest absolute Gasteiger partial charge is 0.0346 e. The fourth-order valence-corrected chi connectivity index (χ4v) is 2.72. The fourth-order valence-electron chi connectivity index (χ4n) is 2.72. The molecule has 2 nitrogen and oxygen atoms in total. The Balaban J connectivity index is 1.98. The van der Waals surface area contributed by atoms with Crippen LogP contribution in [0, 0.1) is 12.3 Å². The van der Waals surface area contributed by atoms with E-state index < -0.39 is 0 Å². The van der Waals surface area contributed by atoms with Crippen LogP contribution >= 0.6 is 0 Å². The summed E-state index contributed by atoms with van der Waals surface area (Å²) in [4.78, 5) is 2.57. The van der Waals surface area contributed by atoms with Crippen molar-refractivity contribution in [3.8, 4) is 0 Å². The summed E-state index contributed by atoms with van der Waals surface area (Å²) in [7, 11) is 0. The lowest BCUT2D eigenvalue weighted by molar-refractivity contribution is 0.109. The van der Waals surface area contributed by atoms with Crippen LogP contribution in [-0.4, -0.2) is 18.0 Å². The van der Waals surface area contributed by atoms with Crippen LogP contribution in [0.4, 0.5) is 5.69 Å². The van der Waals surface area contributed by atoms with Gasteiger partial charge >= 0.3 is 0 Å². The molecule has 18 heavy (non-hydrogen) atoms. The number of likely N-dealkylation sites (tertiary alicyclic amines) is 1. The lowest BCUT2D eigenvalue weighted by Gasteiger charge is -2.39. The van der Waals surface area contributed by atoms with E-state index in [9.17, 15) is 0 Å². The van der Waals surface area contributed by atoms with E-state index in [0.29, 0.717) is 5.41 Å². The van der Waals surface area contributed by atoms with Gasteiger partial charge in [0.1, 0.15) is 0 Å². The normalized spacial score (nSPS) is 19.9. The highest BCUT2D eigenvalue weighted by molar-refractivity contribution is 5.49. The lowest BCUT2D eigenvalue weighted by atomic mass is 9.78. The zero-order chi connectivity index (χ0) is 13.2. The Labute approximate surface area is 111 Å². The molecule has 0 amide bonds. The van der Waals surface area contributed by atoms with E-state index in [1.807, 2.05) is 6.07 Å². The summed E-state index contributed by atoms with van der Waals surface area (Å²) in [6, 6.07) is 6.26. The number of nitrogens with zero attached hydrogens (tertiary/aromatic N) is 1. The van der Waals surface area contributed by atoms with Gasteiger partial charge in [-0.3, -0.25) is 4.90 Å². The summed E-state index contributed by atoms with van der Waals surface area (Å²) in [6.07, 6.45) is 3.95. The molecule has 1 aliphatic heterocycles. The Morgan fingerprint density at radius 2 is 1.94 bits per heavy atom. The molecule has 2 rings (SSSR count). The van der Waals surface area contributed by atoms with Crippen molar-refractivity contribution in [2.75, 3.05) is 18.8 Å². The van der Waals surface area contributed by atoms with Crippen molar-refractivity contribution < 1.29 is 0 Å². The number of nitrogens with two attached hydrogens (primary N) is 1. The zero-order valence-electron chi connectivity index (χ0n) is 12.0. The highest BCUT2D eigenvalue weighted by atomic mass is 15.1. The monoisotopic (exact) mass is 246 g/mol. The Hall–Kier alpha value is -1.02. The van der Waals surface area contributed by atoms with Gasteiger partial charge in [0.05, 0.1) is 0 Å². The first kappa shape index (κ1) is 13.4. The predicted octanol–water partition coefficient (Wildman–Crippen LogP) is 3.59. The molecule has 0 atom stereocenters. The van der Waals surface area contributed by atoms with Gasteiger partial charge in [-0.2, -0.15) is 0 Å². The maximum absolute atomic E-state index is 5.97. The van der Waals surface area contributed by atoms with Gasteiger partial charge in [0.2, 0.25) is 0 Å². The van der Waals surface area contributed by atoms with E-state index in [1.54, 1.807) is 0 Å². The van der Waals surface area contributed by atoms with Crippen molar-refractivity contribution >= 4 is 5.69 Å². The molecule has 0 spiro atoms. The number of rotatable bonds is 3. The van der Waals surface area contributed by atoms with Crippen molar-refractivity contribution in [2.24, 2.45) is 5.41 Å². The number of nitrogen functional groups attached to an aromatic ring is 1. The summed E-state index contributed by atoms with van der Waals surface area (Å²) in [5, 5.41) is 0. The number of piperidine rings is 1. The van der Waals surface area contributed by atoms with Gasteiger partial charge in [-0.1, -0.05) is 32.4 Å². The van der Waals surface area contributed by atoms with E-state index in [4.69, 9.17) is 5.73 Å². The summed E-state index contributed by atoms with van der Waals surface area (Å²) >= 11 is 0. The molecule has 1 aromatic carbocycles. The molecule has 0 aliphatic carbocycles. The van der Waals surface area contributed by atoms with Gasteiger partial charge in [-0.05, 0) is 55.5 Å². The molecule has 0 radical (unpaired) electrons. The third kappa shape index (κ3) is 2.86. The SMILES string of the molecule is CCC1(C)CCN(Cc2cccc(N)c2C)CC1. The second-order valence-electron chi connectivity index (χ2n) is 6.07.